The van der Waals surface area contributed by atoms with E-state index in [4.69, 9.17) is 0 Å². The molecule has 0 unspecified atom stereocenters. The fourth-order valence-electron chi connectivity index (χ4n) is 4.40. The molecule has 2 amide bonds. The maximum absolute atomic E-state index is 14.1. The minimum absolute atomic E-state index is 0.136. The lowest BCUT2D eigenvalue weighted by molar-refractivity contribution is -0.140. The first-order chi connectivity index (χ1) is 18.3. The van der Waals surface area contributed by atoms with Crippen molar-refractivity contribution in [2.75, 3.05) is 17.1 Å². The van der Waals surface area contributed by atoms with Crippen molar-refractivity contribution in [2.24, 2.45) is 0 Å². The first-order valence-electron chi connectivity index (χ1n) is 12.8. The monoisotopic (exact) mass is 613 g/mol. The van der Waals surface area contributed by atoms with E-state index in [9.17, 15) is 18.0 Å². The predicted molar refractivity (Wildman–Crippen MR) is 160 cm³/mol. The normalized spacial score (nSPS) is 12.2. The zero-order valence-electron chi connectivity index (χ0n) is 23.0. The lowest BCUT2D eigenvalue weighted by atomic mass is 10.0. The summed E-state index contributed by atoms with van der Waals surface area (Å²) >= 11 is 3.44. The molecule has 0 spiro atoms. The van der Waals surface area contributed by atoms with E-state index in [1.807, 2.05) is 94.4 Å². The Bertz CT molecular complexity index is 1390. The van der Waals surface area contributed by atoms with Gasteiger partial charge in [0.25, 0.3) is 0 Å². The molecule has 3 aromatic rings. The van der Waals surface area contributed by atoms with E-state index in [2.05, 4.69) is 21.2 Å². The van der Waals surface area contributed by atoms with Gasteiger partial charge in [-0.05, 0) is 62.6 Å². The second-order valence-electron chi connectivity index (χ2n) is 10.1. The topological polar surface area (TPSA) is 86.8 Å². The molecule has 3 aromatic carbocycles. The second kappa shape index (κ2) is 13.3. The third kappa shape index (κ3) is 8.66. The molecule has 0 saturated carbocycles. The van der Waals surface area contributed by atoms with Crippen LogP contribution in [0.15, 0.2) is 77.3 Å². The average molecular weight is 615 g/mol. The van der Waals surface area contributed by atoms with E-state index in [1.54, 1.807) is 6.07 Å². The van der Waals surface area contributed by atoms with Crippen LogP contribution in [0.2, 0.25) is 0 Å². The molecule has 1 N–H and O–H groups in total. The van der Waals surface area contributed by atoms with E-state index in [-0.39, 0.29) is 24.9 Å². The highest BCUT2D eigenvalue weighted by Crippen LogP contribution is 2.25. The Kier molecular flexibility index (Phi) is 10.3. The van der Waals surface area contributed by atoms with Crippen LogP contribution in [-0.2, 0) is 32.6 Å². The molecule has 0 fully saturated rings. The smallest absolute Gasteiger partial charge is 0.244 e. The fourth-order valence-corrected chi connectivity index (χ4v) is 5.57. The number of benzene rings is 3. The van der Waals surface area contributed by atoms with E-state index >= 15 is 0 Å². The molecule has 7 nitrogen and oxygen atoms in total. The number of nitrogens with one attached hydrogen (secondary N) is 1. The van der Waals surface area contributed by atoms with E-state index in [0.29, 0.717) is 5.69 Å². The molecule has 1 atom stereocenters. The van der Waals surface area contributed by atoms with Gasteiger partial charge in [0, 0.05) is 23.5 Å². The maximum Gasteiger partial charge on any atom is 0.244 e. The number of hydrogen-bond donors (Lipinski definition) is 1. The van der Waals surface area contributed by atoms with Gasteiger partial charge in [-0.2, -0.15) is 0 Å². The molecular weight excluding hydrogens is 578 g/mol. The standard InChI is InChI=1S/C30H36BrN3O4S/c1-21(2)32-30(36)28(18-24-9-7-6-8-10-24)33(19-25-12-14-26(31)15-13-25)29(35)20-34(39(5,37)38)27-16-11-22(3)17-23(27)4/h6-17,21,28H,18-20H2,1-5H3,(H,32,36)/t28-/m0/s1. The van der Waals surface area contributed by atoms with E-state index in [1.165, 1.54) is 4.90 Å². The Balaban J connectivity index is 2.07. The van der Waals surface area contributed by atoms with Crippen LogP contribution in [-0.4, -0.2) is 50.0 Å². The third-order valence-electron chi connectivity index (χ3n) is 6.27. The Morgan fingerprint density at radius 1 is 0.923 bits per heavy atom. The highest BCUT2D eigenvalue weighted by Gasteiger charge is 2.33. The van der Waals surface area contributed by atoms with Gasteiger partial charge >= 0.3 is 0 Å². The zero-order chi connectivity index (χ0) is 28.7. The van der Waals surface area contributed by atoms with Crippen molar-refractivity contribution in [3.8, 4) is 0 Å². The van der Waals surface area contributed by atoms with Gasteiger partial charge in [0.2, 0.25) is 21.8 Å². The quantitative estimate of drug-likeness (QED) is 0.330. The number of aryl methyl sites for hydroxylation is 2. The molecule has 3 rings (SSSR count). The average Bonchev–Trinajstić information content (AvgIpc) is 2.85. The van der Waals surface area contributed by atoms with Crippen LogP contribution in [0.1, 0.15) is 36.1 Å². The number of nitrogens with zero attached hydrogens (tertiary/aromatic N) is 2. The van der Waals surface area contributed by atoms with Crippen molar-refractivity contribution in [1.29, 1.82) is 0 Å². The predicted octanol–water partition coefficient (Wildman–Crippen LogP) is 5.00. The Morgan fingerprint density at radius 3 is 2.13 bits per heavy atom. The number of hydrogen-bond acceptors (Lipinski definition) is 4. The summed E-state index contributed by atoms with van der Waals surface area (Å²) in [6.45, 7) is 7.18. The van der Waals surface area contributed by atoms with E-state index in [0.717, 1.165) is 37.3 Å². The molecule has 0 aliphatic heterocycles. The van der Waals surface area contributed by atoms with Gasteiger partial charge in [0.15, 0.2) is 0 Å². The molecule has 39 heavy (non-hydrogen) atoms. The number of carbonyl (C=O) groups excluding carboxylic acids is 2. The van der Waals surface area contributed by atoms with Crippen LogP contribution < -0.4 is 9.62 Å². The van der Waals surface area contributed by atoms with Gasteiger partial charge < -0.3 is 10.2 Å². The molecule has 208 valence electrons. The van der Waals surface area contributed by atoms with Crippen LogP contribution in [0.3, 0.4) is 0 Å². The van der Waals surface area contributed by atoms with Crippen molar-refractivity contribution in [1.82, 2.24) is 10.2 Å². The second-order valence-corrected chi connectivity index (χ2v) is 12.9. The minimum atomic E-state index is -3.81. The summed E-state index contributed by atoms with van der Waals surface area (Å²) in [6, 6.07) is 21.4. The lowest BCUT2D eigenvalue weighted by Crippen LogP contribution is -2.54. The lowest BCUT2D eigenvalue weighted by Gasteiger charge is -2.34. The first kappa shape index (κ1) is 30.4. The number of anilines is 1. The molecule has 9 heteroatoms. The summed E-state index contributed by atoms with van der Waals surface area (Å²) < 4.78 is 27.9. The van der Waals surface area contributed by atoms with Gasteiger partial charge in [-0.3, -0.25) is 13.9 Å². The number of rotatable bonds is 11. The molecule has 0 aliphatic rings. The summed E-state index contributed by atoms with van der Waals surface area (Å²) in [7, 11) is -3.81. The summed E-state index contributed by atoms with van der Waals surface area (Å²) in [5.41, 5.74) is 3.88. The molecule has 0 radical (unpaired) electrons. The van der Waals surface area contributed by atoms with Crippen molar-refractivity contribution in [3.05, 3.63) is 99.5 Å². The summed E-state index contributed by atoms with van der Waals surface area (Å²) in [5.74, 6) is -0.764. The Morgan fingerprint density at radius 2 is 1.56 bits per heavy atom. The van der Waals surface area contributed by atoms with E-state index < -0.39 is 28.5 Å². The Labute approximate surface area is 240 Å². The first-order valence-corrected chi connectivity index (χ1v) is 15.4. The van der Waals surface area contributed by atoms with Crippen LogP contribution >= 0.6 is 15.9 Å². The summed E-state index contributed by atoms with van der Waals surface area (Å²) in [5, 5.41) is 2.95. The zero-order valence-corrected chi connectivity index (χ0v) is 25.4. The molecule has 0 bridgehead atoms. The van der Waals surface area contributed by atoms with Gasteiger partial charge in [0.1, 0.15) is 12.6 Å². The molecule has 0 saturated heterocycles. The van der Waals surface area contributed by atoms with Gasteiger partial charge in [0.05, 0.1) is 11.9 Å². The highest BCUT2D eigenvalue weighted by atomic mass is 79.9. The SMILES string of the molecule is Cc1ccc(N(CC(=O)N(Cc2ccc(Br)cc2)[C@@H](Cc2ccccc2)C(=O)NC(C)C)S(C)(=O)=O)c(C)c1. The van der Waals surface area contributed by atoms with Crippen LogP contribution in [0.5, 0.6) is 0 Å². The Hall–Kier alpha value is -3.17. The fraction of sp³-hybridized carbons (Fsp3) is 0.333. The molecule has 0 aromatic heterocycles. The van der Waals surface area contributed by atoms with Crippen molar-refractivity contribution in [2.45, 2.75) is 52.7 Å². The highest BCUT2D eigenvalue weighted by molar-refractivity contribution is 9.10. The largest absolute Gasteiger partial charge is 0.352 e. The maximum atomic E-state index is 14.1. The van der Waals surface area contributed by atoms with Gasteiger partial charge in [-0.15, -0.1) is 0 Å². The summed E-state index contributed by atoms with van der Waals surface area (Å²) in [4.78, 5) is 29.1. The van der Waals surface area contributed by atoms with Crippen molar-refractivity contribution in [3.63, 3.8) is 0 Å². The summed E-state index contributed by atoms with van der Waals surface area (Å²) in [6.07, 6.45) is 1.37. The molecular formula is C30H36BrN3O4S. The number of sulfonamides is 1. The van der Waals surface area contributed by atoms with Crippen molar-refractivity contribution >= 4 is 43.5 Å². The van der Waals surface area contributed by atoms with Crippen LogP contribution in [0.25, 0.3) is 0 Å². The van der Waals surface area contributed by atoms with Crippen LogP contribution in [0, 0.1) is 13.8 Å². The third-order valence-corrected chi connectivity index (χ3v) is 7.92. The van der Waals surface area contributed by atoms with Gasteiger partial charge in [-0.25, -0.2) is 8.42 Å². The van der Waals surface area contributed by atoms with Crippen molar-refractivity contribution < 1.29 is 18.0 Å². The number of amides is 2. The number of halogens is 1. The number of carbonyl (C=O) groups is 2. The molecule has 0 aliphatic carbocycles. The minimum Gasteiger partial charge on any atom is -0.352 e. The van der Waals surface area contributed by atoms with Gasteiger partial charge in [-0.1, -0.05) is 76.1 Å². The molecule has 0 heterocycles. The van der Waals surface area contributed by atoms with Crippen LogP contribution in [0.4, 0.5) is 5.69 Å².